The van der Waals surface area contributed by atoms with Crippen LogP contribution in [0.15, 0.2) is 97.1 Å². The first-order valence-corrected chi connectivity index (χ1v) is 10.1. The minimum absolute atomic E-state index is 1.19. The number of hydrogen-bond acceptors (Lipinski definition) is 0. The van der Waals surface area contributed by atoms with Gasteiger partial charge in [0.2, 0.25) is 0 Å². The molecule has 0 amide bonds. The summed E-state index contributed by atoms with van der Waals surface area (Å²) in [5.74, 6) is 0. The molecule has 0 bridgehead atoms. The van der Waals surface area contributed by atoms with E-state index >= 15 is 0 Å². The lowest BCUT2D eigenvalue weighted by molar-refractivity contribution is 1.18. The van der Waals surface area contributed by atoms with Crippen molar-refractivity contribution in [2.24, 2.45) is 0 Å². The standard InChI is InChI=1S/C28H23N/c1-3-9-21-18-22(15-14-20(21)2)23-16-17-28-26(19-23)25-12-7-8-13-27(25)29(28)24-10-5-4-6-11-24/h3-19H,1-2H3/b9-3-. The summed E-state index contributed by atoms with van der Waals surface area (Å²) in [4.78, 5) is 0. The van der Waals surface area contributed by atoms with Gasteiger partial charge in [0, 0.05) is 16.5 Å². The summed E-state index contributed by atoms with van der Waals surface area (Å²) in [5, 5.41) is 2.57. The van der Waals surface area contributed by atoms with Crippen molar-refractivity contribution < 1.29 is 0 Å². The fourth-order valence-corrected chi connectivity index (χ4v) is 4.19. The highest BCUT2D eigenvalue weighted by atomic mass is 15.0. The first kappa shape index (κ1) is 17.5. The zero-order valence-electron chi connectivity index (χ0n) is 16.8. The van der Waals surface area contributed by atoms with E-state index in [1.54, 1.807) is 0 Å². The molecule has 1 aromatic heterocycles. The van der Waals surface area contributed by atoms with Gasteiger partial charge in [0.25, 0.3) is 0 Å². The Morgan fingerprint density at radius 3 is 2.17 bits per heavy atom. The van der Waals surface area contributed by atoms with Gasteiger partial charge in [-0.15, -0.1) is 0 Å². The second-order valence-corrected chi connectivity index (χ2v) is 7.49. The van der Waals surface area contributed by atoms with E-state index in [1.165, 1.54) is 49.7 Å². The molecule has 0 N–H and O–H groups in total. The number of fused-ring (bicyclic) bond motifs is 3. The number of nitrogens with zero attached hydrogens (tertiary/aromatic N) is 1. The second-order valence-electron chi connectivity index (χ2n) is 7.49. The van der Waals surface area contributed by atoms with Crippen molar-refractivity contribution in [1.29, 1.82) is 0 Å². The summed E-state index contributed by atoms with van der Waals surface area (Å²) in [6.07, 6.45) is 4.28. The average molecular weight is 373 g/mol. The number of aromatic nitrogens is 1. The van der Waals surface area contributed by atoms with Gasteiger partial charge < -0.3 is 4.57 Å². The van der Waals surface area contributed by atoms with Crippen LogP contribution in [0.25, 0.3) is 44.7 Å². The summed E-state index contributed by atoms with van der Waals surface area (Å²) in [6.45, 7) is 4.23. The lowest BCUT2D eigenvalue weighted by Crippen LogP contribution is -1.92. The SMILES string of the molecule is C/C=C\c1cc(-c2ccc3c(c2)c2ccccc2n3-c2ccccc2)ccc1C. The summed E-state index contributed by atoms with van der Waals surface area (Å²) in [7, 11) is 0. The molecule has 5 aromatic rings. The van der Waals surface area contributed by atoms with Gasteiger partial charge in [-0.3, -0.25) is 0 Å². The van der Waals surface area contributed by atoms with Crippen LogP contribution in [-0.4, -0.2) is 4.57 Å². The molecule has 0 aliphatic heterocycles. The minimum atomic E-state index is 1.19. The van der Waals surface area contributed by atoms with Crippen molar-refractivity contribution in [3.05, 3.63) is 108 Å². The van der Waals surface area contributed by atoms with Crippen LogP contribution in [0.4, 0.5) is 0 Å². The second kappa shape index (κ2) is 7.10. The van der Waals surface area contributed by atoms with Crippen LogP contribution in [0.5, 0.6) is 0 Å². The van der Waals surface area contributed by atoms with E-state index in [4.69, 9.17) is 0 Å². The molecule has 4 aromatic carbocycles. The molecule has 0 fully saturated rings. The molecule has 140 valence electrons. The smallest absolute Gasteiger partial charge is 0.0541 e. The van der Waals surface area contributed by atoms with Crippen molar-refractivity contribution in [1.82, 2.24) is 4.57 Å². The van der Waals surface area contributed by atoms with Gasteiger partial charge >= 0.3 is 0 Å². The molecule has 0 saturated carbocycles. The topological polar surface area (TPSA) is 4.93 Å². The normalized spacial score (nSPS) is 11.7. The quantitative estimate of drug-likeness (QED) is 0.304. The van der Waals surface area contributed by atoms with Gasteiger partial charge in [-0.05, 0) is 72.5 Å². The zero-order chi connectivity index (χ0) is 19.8. The van der Waals surface area contributed by atoms with Crippen molar-refractivity contribution >= 4 is 27.9 Å². The monoisotopic (exact) mass is 373 g/mol. The van der Waals surface area contributed by atoms with Crippen molar-refractivity contribution in [2.75, 3.05) is 0 Å². The van der Waals surface area contributed by atoms with E-state index in [9.17, 15) is 0 Å². The van der Waals surface area contributed by atoms with Gasteiger partial charge in [-0.1, -0.05) is 66.7 Å². The molecule has 0 radical (unpaired) electrons. The largest absolute Gasteiger partial charge is 0.309 e. The fourth-order valence-electron chi connectivity index (χ4n) is 4.19. The minimum Gasteiger partial charge on any atom is -0.309 e. The van der Waals surface area contributed by atoms with Gasteiger partial charge in [0.05, 0.1) is 11.0 Å². The fraction of sp³-hybridized carbons (Fsp3) is 0.0714. The predicted octanol–water partition coefficient (Wildman–Crippen LogP) is 7.79. The highest BCUT2D eigenvalue weighted by Crippen LogP contribution is 2.35. The van der Waals surface area contributed by atoms with Crippen LogP contribution in [0.2, 0.25) is 0 Å². The van der Waals surface area contributed by atoms with E-state index in [0.29, 0.717) is 0 Å². The molecule has 29 heavy (non-hydrogen) atoms. The summed E-state index contributed by atoms with van der Waals surface area (Å²) in [6, 6.07) is 32.8. The Kier molecular flexibility index (Phi) is 4.29. The molecule has 0 atom stereocenters. The Morgan fingerprint density at radius 1 is 0.655 bits per heavy atom. The molecule has 0 saturated heterocycles. The third-order valence-electron chi connectivity index (χ3n) is 5.65. The molecule has 0 unspecified atom stereocenters. The van der Waals surface area contributed by atoms with Crippen LogP contribution >= 0.6 is 0 Å². The van der Waals surface area contributed by atoms with E-state index < -0.39 is 0 Å². The van der Waals surface area contributed by atoms with Crippen molar-refractivity contribution in [3.8, 4) is 16.8 Å². The van der Waals surface area contributed by atoms with Crippen LogP contribution in [0, 0.1) is 6.92 Å². The molecule has 1 nitrogen and oxygen atoms in total. The Labute approximate surface area is 171 Å². The summed E-state index contributed by atoms with van der Waals surface area (Å²) < 4.78 is 2.36. The molecule has 0 aliphatic carbocycles. The molecule has 0 aliphatic rings. The van der Waals surface area contributed by atoms with Crippen LogP contribution in [0.3, 0.4) is 0 Å². The van der Waals surface area contributed by atoms with Gasteiger partial charge in [0.1, 0.15) is 0 Å². The Morgan fingerprint density at radius 2 is 1.34 bits per heavy atom. The van der Waals surface area contributed by atoms with Gasteiger partial charge in [-0.25, -0.2) is 0 Å². The van der Waals surface area contributed by atoms with E-state index in [-0.39, 0.29) is 0 Å². The van der Waals surface area contributed by atoms with E-state index in [1.807, 2.05) is 0 Å². The number of benzene rings is 4. The molecular formula is C28H23N. The van der Waals surface area contributed by atoms with Crippen LogP contribution in [-0.2, 0) is 0 Å². The Hall–Kier alpha value is -3.58. The zero-order valence-corrected chi connectivity index (χ0v) is 16.8. The molecule has 1 heterocycles. The Bertz CT molecular complexity index is 1350. The number of para-hydroxylation sites is 2. The van der Waals surface area contributed by atoms with E-state index in [0.717, 1.165) is 0 Å². The highest BCUT2D eigenvalue weighted by Gasteiger charge is 2.13. The summed E-state index contributed by atoms with van der Waals surface area (Å²) >= 11 is 0. The van der Waals surface area contributed by atoms with Crippen LogP contribution < -0.4 is 0 Å². The van der Waals surface area contributed by atoms with Crippen LogP contribution in [0.1, 0.15) is 18.1 Å². The van der Waals surface area contributed by atoms with Crippen molar-refractivity contribution in [3.63, 3.8) is 0 Å². The highest BCUT2D eigenvalue weighted by molar-refractivity contribution is 6.10. The number of allylic oxidation sites excluding steroid dienone is 1. The maximum Gasteiger partial charge on any atom is 0.0541 e. The van der Waals surface area contributed by atoms with Gasteiger partial charge in [0.15, 0.2) is 0 Å². The maximum absolute atomic E-state index is 2.36. The van der Waals surface area contributed by atoms with Gasteiger partial charge in [-0.2, -0.15) is 0 Å². The molecule has 0 spiro atoms. The number of rotatable bonds is 3. The van der Waals surface area contributed by atoms with E-state index in [2.05, 4.69) is 122 Å². The number of hydrogen-bond donors (Lipinski definition) is 0. The summed E-state index contributed by atoms with van der Waals surface area (Å²) in [5.41, 5.74) is 8.75. The first-order valence-electron chi connectivity index (χ1n) is 10.1. The van der Waals surface area contributed by atoms with Crippen molar-refractivity contribution in [2.45, 2.75) is 13.8 Å². The molecule has 5 rings (SSSR count). The average Bonchev–Trinajstić information content (AvgIpc) is 3.10. The molecule has 1 heteroatoms. The molecular weight excluding hydrogens is 350 g/mol. The third-order valence-corrected chi connectivity index (χ3v) is 5.65. The predicted molar refractivity (Wildman–Crippen MR) is 126 cm³/mol. The lowest BCUT2D eigenvalue weighted by atomic mass is 9.98. The number of aryl methyl sites for hydroxylation is 1. The maximum atomic E-state index is 2.36. The first-order chi connectivity index (χ1) is 14.3. The third kappa shape index (κ3) is 2.96. The lowest BCUT2D eigenvalue weighted by Gasteiger charge is -2.09. The Balaban J connectivity index is 1.77.